The summed E-state index contributed by atoms with van der Waals surface area (Å²) in [6.07, 6.45) is 9.29. The van der Waals surface area contributed by atoms with Gasteiger partial charge in [-0.15, -0.1) is 0 Å². The van der Waals surface area contributed by atoms with Crippen molar-refractivity contribution < 1.29 is 0 Å². The molecule has 2 aliphatic carbocycles. The minimum Gasteiger partial charge on any atom is -0.368 e. The Balaban J connectivity index is 1.81. The van der Waals surface area contributed by atoms with Crippen LogP contribution in [0, 0.1) is 11.3 Å². The number of nitriles is 1. The highest BCUT2D eigenvalue weighted by Crippen LogP contribution is 2.47. The third-order valence-corrected chi connectivity index (χ3v) is 5.66. The van der Waals surface area contributed by atoms with E-state index < -0.39 is 0 Å². The van der Waals surface area contributed by atoms with Gasteiger partial charge in [-0.25, -0.2) is 4.98 Å². The molecular weight excluding hydrogens is 254 g/mol. The lowest BCUT2D eigenvalue weighted by molar-refractivity contribution is 0.667. The highest BCUT2D eigenvalue weighted by Gasteiger charge is 2.41. The van der Waals surface area contributed by atoms with Gasteiger partial charge in [0.1, 0.15) is 11.9 Å². The van der Waals surface area contributed by atoms with Crippen LogP contribution in [0.4, 0.5) is 5.82 Å². The quantitative estimate of drug-likeness (QED) is 0.915. The van der Waals surface area contributed by atoms with Crippen LogP contribution in [0.2, 0.25) is 0 Å². The molecule has 0 bridgehead atoms. The highest BCUT2D eigenvalue weighted by molar-refractivity contribution is 8.00. The van der Waals surface area contributed by atoms with Crippen molar-refractivity contribution in [3.8, 4) is 6.07 Å². The van der Waals surface area contributed by atoms with E-state index in [1.807, 2.05) is 17.8 Å². The molecule has 1 N–H and O–H groups in total. The standard InChI is InChI=1S/C15H19N3S/c1-19-15(6-7-15)10-17-14-12(9-16)8-11-4-2-3-5-13(11)18-14/h8H,2-7,10H2,1H3,(H,17,18). The van der Waals surface area contributed by atoms with Crippen molar-refractivity contribution >= 4 is 17.6 Å². The van der Waals surface area contributed by atoms with E-state index in [0.717, 1.165) is 25.2 Å². The highest BCUT2D eigenvalue weighted by atomic mass is 32.2. The topological polar surface area (TPSA) is 48.7 Å². The van der Waals surface area contributed by atoms with Gasteiger partial charge in [-0.1, -0.05) is 0 Å². The molecule has 3 rings (SSSR count). The maximum atomic E-state index is 9.29. The number of hydrogen-bond donors (Lipinski definition) is 1. The number of hydrogen-bond acceptors (Lipinski definition) is 4. The van der Waals surface area contributed by atoms with E-state index in [2.05, 4.69) is 17.6 Å². The lowest BCUT2D eigenvalue weighted by Gasteiger charge is -2.19. The number of aromatic nitrogens is 1. The summed E-state index contributed by atoms with van der Waals surface area (Å²) in [5.41, 5.74) is 3.18. The summed E-state index contributed by atoms with van der Waals surface area (Å²) in [5.74, 6) is 0.795. The van der Waals surface area contributed by atoms with Gasteiger partial charge < -0.3 is 5.32 Å². The monoisotopic (exact) mass is 273 g/mol. The van der Waals surface area contributed by atoms with E-state index in [1.54, 1.807) is 0 Å². The molecule has 4 heteroatoms. The normalized spacial score (nSPS) is 19.4. The molecular formula is C15H19N3S. The number of nitrogens with one attached hydrogen (secondary N) is 1. The molecule has 100 valence electrons. The van der Waals surface area contributed by atoms with E-state index in [9.17, 15) is 5.26 Å². The second-order valence-corrected chi connectivity index (χ2v) is 6.82. The summed E-state index contributed by atoms with van der Waals surface area (Å²) < 4.78 is 0.393. The zero-order valence-electron chi connectivity index (χ0n) is 11.3. The average Bonchev–Trinajstić information content (AvgIpc) is 3.24. The van der Waals surface area contributed by atoms with Gasteiger partial charge in [0.25, 0.3) is 0 Å². The SMILES string of the molecule is CSC1(CNc2nc3c(cc2C#N)CCCC3)CC1. The molecule has 0 amide bonds. The van der Waals surface area contributed by atoms with Crippen LogP contribution in [0.25, 0.3) is 0 Å². The van der Waals surface area contributed by atoms with Crippen LogP contribution in [0.3, 0.4) is 0 Å². The van der Waals surface area contributed by atoms with Gasteiger partial charge >= 0.3 is 0 Å². The van der Waals surface area contributed by atoms with Crippen LogP contribution in [-0.4, -0.2) is 22.5 Å². The lowest BCUT2D eigenvalue weighted by atomic mass is 9.95. The number of pyridine rings is 1. The Hall–Kier alpha value is -1.21. The molecule has 1 saturated carbocycles. The fourth-order valence-electron chi connectivity index (χ4n) is 2.69. The Kier molecular flexibility index (Phi) is 3.40. The van der Waals surface area contributed by atoms with E-state index >= 15 is 0 Å². The summed E-state index contributed by atoms with van der Waals surface area (Å²) in [5, 5.41) is 12.7. The molecule has 0 spiro atoms. The molecule has 2 aliphatic rings. The molecule has 0 saturated heterocycles. The maximum Gasteiger partial charge on any atom is 0.144 e. The van der Waals surface area contributed by atoms with Crippen LogP contribution >= 0.6 is 11.8 Å². The molecule has 0 radical (unpaired) electrons. The summed E-state index contributed by atoms with van der Waals surface area (Å²) in [4.78, 5) is 4.71. The second-order valence-electron chi connectivity index (χ2n) is 5.55. The minimum absolute atomic E-state index is 0.393. The molecule has 1 aromatic heterocycles. The van der Waals surface area contributed by atoms with Crippen LogP contribution in [0.15, 0.2) is 6.07 Å². The summed E-state index contributed by atoms with van der Waals surface area (Å²) in [6.45, 7) is 0.925. The van der Waals surface area contributed by atoms with Crippen molar-refractivity contribution in [1.82, 2.24) is 4.98 Å². The molecule has 1 aromatic rings. The second kappa shape index (κ2) is 5.05. The van der Waals surface area contributed by atoms with E-state index in [0.29, 0.717) is 10.3 Å². The molecule has 1 fully saturated rings. The molecule has 19 heavy (non-hydrogen) atoms. The third-order valence-electron chi connectivity index (χ3n) is 4.24. The minimum atomic E-state index is 0.393. The molecule has 3 nitrogen and oxygen atoms in total. The number of nitrogens with zero attached hydrogens (tertiary/aromatic N) is 2. The molecule has 0 aliphatic heterocycles. The summed E-state index contributed by atoms with van der Waals surface area (Å²) in [6, 6.07) is 4.33. The van der Waals surface area contributed by atoms with Crippen molar-refractivity contribution in [3.63, 3.8) is 0 Å². The molecule has 0 unspecified atom stereocenters. The number of aryl methyl sites for hydroxylation is 2. The Labute approximate surface area is 118 Å². The lowest BCUT2D eigenvalue weighted by Crippen LogP contribution is -2.19. The van der Waals surface area contributed by atoms with Gasteiger partial charge in [0.15, 0.2) is 0 Å². The van der Waals surface area contributed by atoms with Crippen LogP contribution in [0.5, 0.6) is 0 Å². The van der Waals surface area contributed by atoms with Gasteiger partial charge in [0, 0.05) is 17.0 Å². The van der Waals surface area contributed by atoms with Crippen molar-refractivity contribution in [3.05, 3.63) is 22.9 Å². The predicted octanol–water partition coefficient (Wildman–Crippen LogP) is 3.14. The van der Waals surface area contributed by atoms with E-state index in [-0.39, 0.29) is 0 Å². The first-order valence-electron chi connectivity index (χ1n) is 6.98. The predicted molar refractivity (Wildman–Crippen MR) is 79.6 cm³/mol. The third kappa shape index (κ3) is 2.57. The van der Waals surface area contributed by atoms with E-state index in [4.69, 9.17) is 4.98 Å². The summed E-state index contributed by atoms with van der Waals surface area (Å²) in [7, 11) is 0. The van der Waals surface area contributed by atoms with Crippen LogP contribution < -0.4 is 5.32 Å². The number of fused-ring (bicyclic) bond motifs is 1. The number of rotatable bonds is 4. The smallest absolute Gasteiger partial charge is 0.144 e. The van der Waals surface area contributed by atoms with E-state index in [1.165, 1.54) is 36.9 Å². The Morgan fingerprint density at radius 2 is 2.21 bits per heavy atom. The Morgan fingerprint density at radius 3 is 2.89 bits per heavy atom. The molecule has 0 atom stereocenters. The Morgan fingerprint density at radius 1 is 1.42 bits per heavy atom. The fourth-order valence-corrected chi connectivity index (χ4v) is 3.42. The van der Waals surface area contributed by atoms with Crippen molar-refractivity contribution in [1.29, 1.82) is 5.26 Å². The first kappa shape index (κ1) is 12.8. The largest absolute Gasteiger partial charge is 0.368 e. The van der Waals surface area contributed by atoms with Crippen molar-refractivity contribution in [2.24, 2.45) is 0 Å². The fraction of sp³-hybridized carbons (Fsp3) is 0.600. The zero-order valence-corrected chi connectivity index (χ0v) is 12.1. The van der Waals surface area contributed by atoms with Gasteiger partial charge in [0.05, 0.1) is 5.56 Å². The first-order chi connectivity index (χ1) is 9.26. The van der Waals surface area contributed by atoms with Gasteiger partial charge in [-0.3, -0.25) is 0 Å². The molecule has 0 aromatic carbocycles. The van der Waals surface area contributed by atoms with Crippen LogP contribution in [0.1, 0.15) is 42.5 Å². The van der Waals surface area contributed by atoms with Gasteiger partial charge in [0.2, 0.25) is 0 Å². The van der Waals surface area contributed by atoms with Crippen LogP contribution in [-0.2, 0) is 12.8 Å². The Bertz CT molecular complexity index is 529. The van der Waals surface area contributed by atoms with Gasteiger partial charge in [-0.05, 0) is 56.4 Å². The number of thioether (sulfide) groups is 1. The van der Waals surface area contributed by atoms with Gasteiger partial charge in [-0.2, -0.15) is 17.0 Å². The van der Waals surface area contributed by atoms with Crippen molar-refractivity contribution in [2.75, 3.05) is 18.1 Å². The summed E-state index contributed by atoms with van der Waals surface area (Å²) >= 11 is 1.93. The zero-order chi connectivity index (χ0) is 13.3. The first-order valence-corrected chi connectivity index (χ1v) is 8.21. The maximum absolute atomic E-state index is 9.29. The van der Waals surface area contributed by atoms with Crippen molar-refractivity contribution in [2.45, 2.75) is 43.3 Å². The average molecular weight is 273 g/mol. The number of anilines is 1. The molecule has 1 heterocycles.